The topological polar surface area (TPSA) is 117 Å². The zero-order chi connectivity index (χ0) is 26.3. The first-order valence-electron chi connectivity index (χ1n) is 11.9. The number of aliphatic hydroxyl groups excluding tert-OH is 1. The van der Waals surface area contributed by atoms with Crippen LogP contribution in [0.25, 0.3) is 21.8 Å². The summed E-state index contributed by atoms with van der Waals surface area (Å²) in [6.07, 6.45) is 3.53. The lowest BCUT2D eigenvalue weighted by Crippen LogP contribution is -2.54. The predicted molar refractivity (Wildman–Crippen MR) is 139 cm³/mol. The average Bonchev–Trinajstić information content (AvgIpc) is 3.22. The summed E-state index contributed by atoms with van der Waals surface area (Å²) in [6.45, 7) is 7.17. The molecule has 0 aliphatic carbocycles. The Morgan fingerprint density at radius 1 is 1.32 bits per heavy atom. The zero-order valence-corrected chi connectivity index (χ0v) is 20.8. The SMILES string of the molecule is C=C[C@@H]1CN(c2ccc(C(=O)Nc3cc(F)c4nn(C)c(CO)c4c3)c3nc(OC)ncc23)C[C@H](C)N1. The standard InChI is InChI=1S/C26H28FN7O3/c1-5-15-12-34(11-14(2)29-15)21-7-6-17(23-19(21)10-28-26(31-23)37-4)25(36)30-16-8-18-22(13-35)33(3)32-24(18)20(27)9-16/h5-10,14-15,29,35H,1,11-13H2,2-4H3,(H,30,36)/t14-,15+/m0/s1. The Balaban J connectivity index is 1.55. The molecule has 5 rings (SSSR count). The average molecular weight is 506 g/mol. The molecule has 2 aromatic carbocycles. The van der Waals surface area contributed by atoms with Crippen LogP contribution < -0.4 is 20.3 Å². The lowest BCUT2D eigenvalue weighted by Gasteiger charge is -2.38. The highest BCUT2D eigenvalue weighted by Crippen LogP contribution is 2.32. The van der Waals surface area contributed by atoms with Crippen molar-refractivity contribution in [3.63, 3.8) is 0 Å². The molecule has 11 heteroatoms. The van der Waals surface area contributed by atoms with E-state index >= 15 is 0 Å². The van der Waals surface area contributed by atoms with Gasteiger partial charge in [-0.1, -0.05) is 6.08 Å². The molecule has 4 aromatic rings. The van der Waals surface area contributed by atoms with Gasteiger partial charge in [-0.3, -0.25) is 9.48 Å². The smallest absolute Gasteiger partial charge is 0.316 e. The minimum Gasteiger partial charge on any atom is -0.467 e. The van der Waals surface area contributed by atoms with Crippen LogP contribution in [0.3, 0.4) is 0 Å². The van der Waals surface area contributed by atoms with Crippen molar-refractivity contribution in [2.24, 2.45) is 7.05 Å². The van der Waals surface area contributed by atoms with Gasteiger partial charge >= 0.3 is 6.01 Å². The number of amides is 1. The quantitative estimate of drug-likeness (QED) is 0.343. The zero-order valence-electron chi connectivity index (χ0n) is 20.8. The van der Waals surface area contributed by atoms with Crippen molar-refractivity contribution < 1.29 is 19.0 Å². The molecule has 1 amide bonds. The molecular weight excluding hydrogens is 477 g/mol. The van der Waals surface area contributed by atoms with E-state index in [2.05, 4.69) is 44.1 Å². The van der Waals surface area contributed by atoms with Crippen molar-refractivity contribution in [2.45, 2.75) is 25.6 Å². The van der Waals surface area contributed by atoms with E-state index in [1.54, 1.807) is 25.4 Å². The number of carbonyl (C=O) groups excluding carboxylic acids is 1. The fourth-order valence-corrected chi connectivity index (χ4v) is 4.86. The number of aliphatic hydroxyl groups is 1. The molecule has 1 aliphatic rings. The van der Waals surface area contributed by atoms with E-state index < -0.39 is 11.7 Å². The molecule has 3 heterocycles. The Hall–Kier alpha value is -4.09. The normalized spacial score (nSPS) is 17.8. The number of anilines is 2. The van der Waals surface area contributed by atoms with Crippen LogP contribution in [0.5, 0.6) is 6.01 Å². The number of halogens is 1. The van der Waals surface area contributed by atoms with Crippen molar-refractivity contribution in [3.8, 4) is 6.01 Å². The second-order valence-corrected chi connectivity index (χ2v) is 9.10. The van der Waals surface area contributed by atoms with Gasteiger partial charge in [0.15, 0.2) is 5.82 Å². The fraction of sp³-hybridized carbons (Fsp3) is 0.308. The van der Waals surface area contributed by atoms with Crippen molar-refractivity contribution in [1.29, 1.82) is 0 Å². The number of aromatic nitrogens is 4. The molecule has 37 heavy (non-hydrogen) atoms. The molecule has 1 saturated heterocycles. The Bertz CT molecular complexity index is 1520. The number of fused-ring (bicyclic) bond motifs is 2. The molecule has 2 atom stereocenters. The van der Waals surface area contributed by atoms with Crippen LogP contribution in [-0.2, 0) is 13.7 Å². The largest absolute Gasteiger partial charge is 0.467 e. The van der Waals surface area contributed by atoms with E-state index in [1.807, 2.05) is 12.1 Å². The van der Waals surface area contributed by atoms with Gasteiger partial charge in [-0.25, -0.2) is 9.37 Å². The van der Waals surface area contributed by atoms with E-state index in [-0.39, 0.29) is 41.5 Å². The third kappa shape index (κ3) is 4.47. The van der Waals surface area contributed by atoms with Crippen LogP contribution in [0.1, 0.15) is 23.0 Å². The number of aryl methyl sites for hydroxylation is 1. The summed E-state index contributed by atoms with van der Waals surface area (Å²) in [7, 11) is 3.09. The number of carbonyl (C=O) groups is 1. The van der Waals surface area contributed by atoms with Gasteiger partial charge in [0.1, 0.15) is 5.52 Å². The number of methoxy groups -OCH3 is 1. The molecule has 1 fully saturated rings. The Labute approximate surface area is 212 Å². The van der Waals surface area contributed by atoms with Crippen molar-refractivity contribution in [1.82, 2.24) is 25.1 Å². The molecule has 0 unspecified atom stereocenters. The summed E-state index contributed by atoms with van der Waals surface area (Å²) in [5.74, 6) is -1.07. The lowest BCUT2D eigenvalue weighted by molar-refractivity contribution is 0.102. The van der Waals surface area contributed by atoms with Gasteiger partial charge in [-0.05, 0) is 31.2 Å². The summed E-state index contributed by atoms with van der Waals surface area (Å²) in [5.41, 5.74) is 2.41. The maximum atomic E-state index is 14.8. The monoisotopic (exact) mass is 505 g/mol. The number of rotatable bonds is 6. The van der Waals surface area contributed by atoms with Crippen LogP contribution in [0, 0.1) is 5.82 Å². The Morgan fingerprint density at radius 3 is 2.86 bits per heavy atom. The summed E-state index contributed by atoms with van der Waals surface area (Å²) < 4.78 is 21.4. The van der Waals surface area contributed by atoms with E-state index in [4.69, 9.17) is 4.74 Å². The molecule has 0 bridgehead atoms. The molecule has 3 N–H and O–H groups in total. The van der Waals surface area contributed by atoms with Crippen molar-refractivity contribution >= 4 is 39.1 Å². The number of hydrogen-bond acceptors (Lipinski definition) is 8. The highest BCUT2D eigenvalue weighted by molar-refractivity contribution is 6.14. The van der Waals surface area contributed by atoms with Crippen LogP contribution in [0.15, 0.2) is 43.1 Å². The third-order valence-electron chi connectivity index (χ3n) is 6.59. The van der Waals surface area contributed by atoms with E-state index in [0.29, 0.717) is 28.5 Å². The number of benzene rings is 2. The number of nitrogens with one attached hydrogen (secondary N) is 2. The Morgan fingerprint density at radius 2 is 2.14 bits per heavy atom. The van der Waals surface area contributed by atoms with Gasteiger partial charge in [0.05, 0.1) is 30.5 Å². The minimum atomic E-state index is -0.600. The van der Waals surface area contributed by atoms with Gasteiger partial charge in [0, 0.05) is 60.6 Å². The molecule has 1 aliphatic heterocycles. The second kappa shape index (κ2) is 9.75. The highest BCUT2D eigenvalue weighted by atomic mass is 19.1. The summed E-state index contributed by atoms with van der Waals surface area (Å²) in [4.78, 5) is 24.4. The predicted octanol–water partition coefficient (Wildman–Crippen LogP) is 2.76. The number of ether oxygens (including phenoxy) is 1. The van der Waals surface area contributed by atoms with Crippen LogP contribution in [0.2, 0.25) is 0 Å². The first kappa shape index (κ1) is 24.6. The van der Waals surface area contributed by atoms with Gasteiger partial charge in [-0.2, -0.15) is 10.1 Å². The number of hydrogen-bond donors (Lipinski definition) is 3. The van der Waals surface area contributed by atoms with Crippen LogP contribution in [-0.4, -0.2) is 63.0 Å². The maximum absolute atomic E-state index is 14.8. The van der Waals surface area contributed by atoms with Crippen LogP contribution in [0.4, 0.5) is 15.8 Å². The van der Waals surface area contributed by atoms with Gasteiger partial charge in [0.25, 0.3) is 5.91 Å². The van der Waals surface area contributed by atoms with Gasteiger partial charge in [0.2, 0.25) is 0 Å². The van der Waals surface area contributed by atoms with Gasteiger partial charge in [-0.15, -0.1) is 6.58 Å². The summed E-state index contributed by atoms with van der Waals surface area (Å²) >= 11 is 0. The Kier molecular flexibility index (Phi) is 6.48. The molecule has 192 valence electrons. The second-order valence-electron chi connectivity index (χ2n) is 9.10. The highest BCUT2D eigenvalue weighted by Gasteiger charge is 2.25. The number of piperazine rings is 1. The van der Waals surface area contributed by atoms with E-state index in [0.717, 1.165) is 12.2 Å². The summed E-state index contributed by atoms with van der Waals surface area (Å²) in [5, 5.41) is 21.2. The fourth-order valence-electron chi connectivity index (χ4n) is 4.86. The van der Waals surface area contributed by atoms with E-state index in [1.165, 1.54) is 17.9 Å². The molecular formula is C26H28FN7O3. The first-order valence-corrected chi connectivity index (χ1v) is 11.9. The lowest BCUT2D eigenvalue weighted by atomic mass is 10.0. The third-order valence-corrected chi connectivity index (χ3v) is 6.59. The number of nitrogens with zero attached hydrogens (tertiary/aromatic N) is 5. The molecule has 2 aromatic heterocycles. The first-order chi connectivity index (χ1) is 17.8. The molecule has 0 radical (unpaired) electrons. The van der Waals surface area contributed by atoms with E-state index in [9.17, 15) is 14.3 Å². The van der Waals surface area contributed by atoms with Crippen molar-refractivity contribution in [3.05, 3.63) is 60.2 Å². The molecule has 10 nitrogen and oxygen atoms in total. The molecule has 0 saturated carbocycles. The van der Waals surface area contributed by atoms with Crippen molar-refractivity contribution in [2.75, 3.05) is 30.4 Å². The molecule has 0 spiro atoms. The van der Waals surface area contributed by atoms with Crippen LogP contribution >= 0.6 is 0 Å². The minimum absolute atomic E-state index is 0.113. The van der Waals surface area contributed by atoms with Gasteiger partial charge < -0.3 is 25.4 Å². The maximum Gasteiger partial charge on any atom is 0.316 e. The summed E-state index contributed by atoms with van der Waals surface area (Å²) in [6, 6.07) is 6.85.